The lowest BCUT2D eigenvalue weighted by Crippen LogP contribution is -1.95. The molecule has 0 amide bonds. The molecule has 0 aliphatic carbocycles. The van der Waals surface area contributed by atoms with Crippen LogP contribution in [0.15, 0.2) is 95.6 Å². The Labute approximate surface area is 231 Å². The number of fused-ring (bicyclic) bond motifs is 5. The van der Waals surface area contributed by atoms with Crippen molar-refractivity contribution in [1.29, 1.82) is 10.5 Å². The Morgan fingerprint density at radius 3 is 2.02 bits per heavy atom. The fourth-order valence-corrected chi connectivity index (χ4v) is 5.25. The summed E-state index contributed by atoms with van der Waals surface area (Å²) in [6, 6.07) is 29.6. The van der Waals surface area contributed by atoms with E-state index >= 15 is 0 Å². The van der Waals surface area contributed by atoms with Crippen LogP contribution in [0.3, 0.4) is 0 Å². The molecule has 0 aliphatic rings. The first kappa shape index (κ1) is 24.1. The predicted molar refractivity (Wildman–Crippen MR) is 150 cm³/mol. The number of pyridine rings is 1. The molecule has 0 saturated heterocycles. The van der Waals surface area contributed by atoms with Crippen LogP contribution in [0.25, 0.3) is 66.2 Å². The van der Waals surface area contributed by atoms with Gasteiger partial charge in [-0.15, -0.1) is 0 Å². The topological polar surface area (TPSA) is 99.4 Å². The third-order valence-electron chi connectivity index (χ3n) is 7.13. The van der Waals surface area contributed by atoms with Gasteiger partial charge in [-0.2, -0.15) is 10.5 Å². The van der Waals surface area contributed by atoms with Gasteiger partial charge in [0.15, 0.2) is 0 Å². The monoisotopic (exact) mass is 535 g/mol. The Bertz CT molecular complexity index is 2220. The summed E-state index contributed by atoms with van der Waals surface area (Å²) in [7, 11) is 0. The minimum Gasteiger partial charge on any atom is -0.247 e. The summed E-state index contributed by atoms with van der Waals surface area (Å²) < 4.78 is 35.1. The second kappa shape index (κ2) is 9.33. The van der Waals surface area contributed by atoms with E-state index in [1.165, 1.54) is 0 Å². The van der Waals surface area contributed by atoms with Crippen molar-refractivity contribution in [1.82, 2.24) is 15.3 Å². The maximum Gasteiger partial charge on any atom is 0.144 e. The highest BCUT2D eigenvalue weighted by atomic mass is 19.1. The van der Waals surface area contributed by atoms with Crippen LogP contribution in [0, 0.1) is 34.3 Å². The van der Waals surface area contributed by atoms with Gasteiger partial charge in [0.05, 0.1) is 40.0 Å². The van der Waals surface area contributed by atoms with Crippen molar-refractivity contribution in [3.05, 3.63) is 114 Å². The van der Waals surface area contributed by atoms with Crippen LogP contribution < -0.4 is 0 Å². The van der Waals surface area contributed by atoms with Crippen molar-refractivity contribution in [2.24, 2.45) is 0 Å². The van der Waals surface area contributed by atoms with Crippen molar-refractivity contribution < 1.29 is 13.4 Å². The lowest BCUT2D eigenvalue weighted by atomic mass is 9.93. The molecule has 0 atom stereocenters. The maximum absolute atomic E-state index is 15.0. The summed E-state index contributed by atoms with van der Waals surface area (Å²) in [4.78, 5) is 4.98. The Morgan fingerprint density at radius 2 is 1.32 bits per heavy atom. The Balaban J connectivity index is 1.58. The van der Waals surface area contributed by atoms with Crippen LogP contribution >= 0.6 is 0 Å². The molecule has 0 radical (unpaired) electrons. The molecule has 2 heterocycles. The molecule has 7 aromatic rings. The van der Waals surface area contributed by atoms with Crippen LogP contribution in [-0.2, 0) is 0 Å². The highest BCUT2D eigenvalue weighted by Crippen LogP contribution is 2.41. The zero-order chi connectivity index (χ0) is 28.1. The molecule has 0 saturated carbocycles. The SMILES string of the molecule is N#Cc1ccc(-c2nc3cc(-c4c(F)cc(C#N)cc4F)ccc3c3c2cc(-c2ccccc2)c2nonc23)cc1. The molecule has 6 nitrogen and oxygen atoms in total. The van der Waals surface area contributed by atoms with Crippen molar-refractivity contribution in [3.63, 3.8) is 0 Å². The second-order valence-electron chi connectivity index (χ2n) is 9.48. The summed E-state index contributed by atoms with van der Waals surface area (Å²) in [6.45, 7) is 0. The third kappa shape index (κ3) is 3.86. The molecule has 0 aliphatic heterocycles. The molecular formula is C33H15F2N5O. The fraction of sp³-hybridized carbons (Fsp3) is 0. The minimum absolute atomic E-state index is 0.105. The summed E-state index contributed by atoms with van der Waals surface area (Å²) in [6.07, 6.45) is 0. The first-order valence-corrected chi connectivity index (χ1v) is 12.5. The van der Waals surface area contributed by atoms with Crippen molar-refractivity contribution >= 4 is 32.7 Å². The number of aromatic nitrogens is 3. The number of hydrogen-bond donors (Lipinski definition) is 0. The van der Waals surface area contributed by atoms with Gasteiger partial charge in [-0.25, -0.2) is 18.4 Å². The molecule has 7 rings (SSSR count). The lowest BCUT2D eigenvalue weighted by molar-refractivity contribution is 0.316. The van der Waals surface area contributed by atoms with Crippen LogP contribution in [0.2, 0.25) is 0 Å². The first-order valence-electron chi connectivity index (χ1n) is 12.5. The van der Waals surface area contributed by atoms with Crippen molar-refractivity contribution in [3.8, 4) is 45.6 Å². The summed E-state index contributed by atoms with van der Waals surface area (Å²) in [5.41, 5.74) is 5.03. The summed E-state index contributed by atoms with van der Waals surface area (Å²) >= 11 is 0. The average molecular weight is 536 g/mol. The molecule has 0 unspecified atom stereocenters. The molecule has 0 fully saturated rings. The predicted octanol–water partition coefficient (Wildman–Crippen LogP) is 7.95. The van der Waals surface area contributed by atoms with E-state index in [2.05, 4.69) is 16.4 Å². The van der Waals surface area contributed by atoms with Gasteiger partial charge >= 0.3 is 0 Å². The van der Waals surface area contributed by atoms with E-state index in [1.54, 1.807) is 36.4 Å². The zero-order valence-electron chi connectivity index (χ0n) is 21.1. The van der Waals surface area contributed by atoms with Gasteiger partial charge < -0.3 is 0 Å². The molecule has 0 bridgehead atoms. The quantitative estimate of drug-likeness (QED) is 0.213. The molecular weight excluding hydrogens is 520 g/mol. The number of nitrogens with zero attached hydrogens (tertiary/aromatic N) is 5. The lowest BCUT2D eigenvalue weighted by Gasteiger charge is -2.14. The summed E-state index contributed by atoms with van der Waals surface area (Å²) in [5.74, 6) is -1.69. The van der Waals surface area contributed by atoms with E-state index in [0.717, 1.165) is 39.6 Å². The molecule has 0 spiro atoms. The van der Waals surface area contributed by atoms with E-state index in [0.29, 0.717) is 33.2 Å². The number of nitriles is 2. The second-order valence-corrected chi connectivity index (χ2v) is 9.48. The number of benzene rings is 5. The van der Waals surface area contributed by atoms with Crippen molar-refractivity contribution in [2.75, 3.05) is 0 Å². The normalized spacial score (nSPS) is 11.1. The van der Waals surface area contributed by atoms with Crippen LogP contribution in [0.4, 0.5) is 8.78 Å². The molecule has 0 N–H and O–H groups in total. The largest absolute Gasteiger partial charge is 0.247 e. The van der Waals surface area contributed by atoms with Crippen LogP contribution in [0.1, 0.15) is 11.1 Å². The molecule has 5 aromatic carbocycles. The van der Waals surface area contributed by atoms with Gasteiger partial charge in [0.2, 0.25) is 0 Å². The van der Waals surface area contributed by atoms with Gasteiger partial charge in [-0.05, 0) is 57.8 Å². The molecule has 8 heteroatoms. The van der Waals surface area contributed by atoms with Crippen molar-refractivity contribution in [2.45, 2.75) is 0 Å². The summed E-state index contributed by atoms with van der Waals surface area (Å²) in [5, 5.41) is 29.1. The van der Waals surface area contributed by atoms with Crippen LogP contribution in [0.5, 0.6) is 0 Å². The van der Waals surface area contributed by atoms with Crippen LogP contribution in [-0.4, -0.2) is 15.3 Å². The Hall–Kier alpha value is -5.99. The van der Waals surface area contributed by atoms with E-state index in [9.17, 15) is 14.0 Å². The first-order chi connectivity index (χ1) is 20.1. The molecule has 2 aromatic heterocycles. The third-order valence-corrected chi connectivity index (χ3v) is 7.13. The van der Waals surface area contributed by atoms with E-state index in [4.69, 9.17) is 14.9 Å². The Kier molecular flexibility index (Phi) is 5.48. The zero-order valence-corrected chi connectivity index (χ0v) is 21.1. The van der Waals surface area contributed by atoms with E-state index < -0.39 is 11.6 Å². The Morgan fingerprint density at radius 1 is 0.634 bits per heavy atom. The maximum atomic E-state index is 15.0. The van der Waals surface area contributed by atoms with Gasteiger partial charge in [-0.1, -0.05) is 54.6 Å². The minimum atomic E-state index is -0.843. The molecule has 41 heavy (non-hydrogen) atoms. The fourth-order valence-electron chi connectivity index (χ4n) is 5.25. The number of hydrogen-bond acceptors (Lipinski definition) is 6. The highest BCUT2D eigenvalue weighted by molar-refractivity contribution is 6.23. The highest BCUT2D eigenvalue weighted by Gasteiger charge is 2.21. The number of halogens is 2. The van der Waals surface area contributed by atoms with E-state index in [-0.39, 0.29) is 16.7 Å². The number of rotatable bonds is 3. The van der Waals surface area contributed by atoms with Gasteiger partial charge in [0.25, 0.3) is 0 Å². The standard InChI is InChI=1S/C33H15F2N5O/c34-26-12-19(17-37)13-27(35)29(26)22-10-11-23-28(14-22)38-31(21-8-6-18(16-36)7-9-21)25-15-24(20-4-2-1-3-5-20)32-33(30(23)25)40-41-39-32/h1-15H. The van der Waals surface area contributed by atoms with Gasteiger partial charge in [0.1, 0.15) is 22.7 Å². The molecule has 192 valence electrons. The van der Waals surface area contributed by atoms with E-state index in [1.807, 2.05) is 48.5 Å². The smallest absolute Gasteiger partial charge is 0.144 e. The van der Waals surface area contributed by atoms with Gasteiger partial charge in [-0.3, -0.25) is 0 Å². The van der Waals surface area contributed by atoms with Gasteiger partial charge in [0, 0.05) is 27.3 Å². The average Bonchev–Trinajstić information content (AvgIpc) is 3.50.